The zero-order valence-corrected chi connectivity index (χ0v) is 16.4. The maximum absolute atomic E-state index is 12.6. The Hall–Kier alpha value is -1.41. The highest BCUT2D eigenvalue weighted by molar-refractivity contribution is 7.89. The fraction of sp³-hybridized carbons (Fsp3) is 0.471. The van der Waals surface area contributed by atoms with Gasteiger partial charge in [0.05, 0.1) is 17.5 Å². The zero-order valence-electron chi connectivity index (χ0n) is 14.8. The molecule has 0 saturated carbocycles. The maximum Gasteiger partial charge on any atom is 0.244 e. The van der Waals surface area contributed by atoms with Gasteiger partial charge in [0, 0.05) is 17.6 Å². The van der Waals surface area contributed by atoms with Gasteiger partial charge in [-0.3, -0.25) is 4.68 Å². The van der Waals surface area contributed by atoms with Gasteiger partial charge in [0.25, 0.3) is 0 Å². The van der Waals surface area contributed by atoms with Crippen LogP contribution in [0, 0.1) is 13.8 Å². The van der Waals surface area contributed by atoms with E-state index in [0.717, 1.165) is 0 Å². The lowest BCUT2D eigenvalue weighted by Gasteiger charge is -2.13. The Morgan fingerprint density at radius 3 is 2.56 bits per heavy atom. The van der Waals surface area contributed by atoms with E-state index >= 15 is 0 Å². The first-order valence-electron chi connectivity index (χ1n) is 8.12. The molecule has 1 atom stereocenters. The molecule has 2 rings (SSSR count). The molecule has 25 heavy (non-hydrogen) atoms. The molecule has 0 aliphatic carbocycles. The van der Waals surface area contributed by atoms with E-state index in [1.165, 1.54) is 0 Å². The Morgan fingerprint density at radius 1 is 1.32 bits per heavy atom. The van der Waals surface area contributed by atoms with Crippen LogP contribution in [-0.2, 0) is 10.0 Å². The van der Waals surface area contributed by atoms with Crippen molar-refractivity contribution < 1.29 is 13.5 Å². The van der Waals surface area contributed by atoms with Crippen LogP contribution in [0.4, 0.5) is 0 Å². The van der Waals surface area contributed by atoms with Crippen molar-refractivity contribution in [3.8, 4) is 0 Å². The number of halogens is 1. The van der Waals surface area contributed by atoms with Gasteiger partial charge in [-0.2, -0.15) is 5.10 Å². The van der Waals surface area contributed by atoms with Gasteiger partial charge >= 0.3 is 0 Å². The van der Waals surface area contributed by atoms with E-state index in [0.29, 0.717) is 22.0 Å². The molecule has 8 heteroatoms. The molecule has 0 aliphatic rings. The quantitative estimate of drug-likeness (QED) is 0.766. The van der Waals surface area contributed by atoms with E-state index < -0.39 is 16.1 Å². The molecule has 0 aliphatic heterocycles. The van der Waals surface area contributed by atoms with Gasteiger partial charge in [-0.25, -0.2) is 13.1 Å². The molecule has 2 aromatic rings. The molecule has 0 bridgehead atoms. The Balaban J connectivity index is 2.07. The Morgan fingerprint density at radius 2 is 2.00 bits per heavy atom. The zero-order chi connectivity index (χ0) is 18.8. The molecule has 0 radical (unpaired) electrons. The van der Waals surface area contributed by atoms with Crippen LogP contribution >= 0.6 is 11.6 Å². The molecular formula is C17H24ClN3O3S. The average Bonchev–Trinajstić information content (AvgIpc) is 2.82. The standard InChI is InChI=1S/C17H24ClN3O3S/c1-11(2)21-13(4)17(12(3)20-21)25(23,24)19-9-8-16(22)14-6-5-7-15(18)10-14/h5-7,10-11,16,19,22H,8-9H2,1-4H3/t16-/m1/s1. The van der Waals surface area contributed by atoms with E-state index in [4.69, 9.17) is 11.6 Å². The van der Waals surface area contributed by atoms with Crippen LogP contribution in [0.15, 0.2) is 29.2 Å². The van der Waals surface area contributed by atoms with Gasteiger partial charge in [-0.15, -0.1) is 0 Å². The Kier molecular flexibility index (Phi) is 6.26. The summed E-state index contributed by atoms with van der Waals surface area (Å²) < 4.78 is 29.5. The molecule has 0 fully saturated rings. The molecule has 0 amide bonds. The summed E-state index contributed by atoms with van der Waals surface area (Å²) in [7, 11) is -3.69. The van der Waals surface area contributed by atoms with Crippen molar-refractivity contribution in [1.82, 2.24) is 14.5 Å². The van der Waals surface area contributed by atoms with Gasteiger partial charge in [0.15, 0.2) is 0 Å². The fourth-order valence-electron chi connectivity index (χ4n) is 2.82. The van der Waals surface area contributed by atoms with Crippen molar-refractivity contribution in [2.75, 3.05) is 6.54 Å². The second-order valence-corrected chi connectivity index (χ2v) is 8.44. The minimum Gasteiger partial charge on any atom is -0.388 e. The van der Waals surface area contributed by atoms with Crippen molar-refractivity contribution in [3.63, 3.8) is 0 Å². The molecule has 6 nitrogen and oxygen atoms in total. The number of aryl methyl sites for hydroxylation is 1. The second-order valence-electron chi connectivity index (χ2n) is 6.30. The van der Waals surface area contributed by atoms with Crippen molar-refractivity contribution in [3.05, 3.63) is 46.2 Å². The molecule has 0 unspecified atom stereocenters. The lowest BCUT2D eigenvalue weighted by molar-refractivity contribution is 0.169. The number of sulfonamides is 1. The number of nitrogens with one attached hydrogen (secondary N) is 1. The molecule has 1 heterocycles. The van der Waals surface area contributed by atoms with Crippen LogP contribution in [0.5, 0.6) is 0 Å². The van der Waals surface area contributed by atoms with Crippen LogP contribution in [0.25, 0.3) is 0 Å². The summed E-state index contributed by atoms with van der Waals surface area (Å²) in [5.74, 6) is 0. The third-order valence-electron chi connectivity index (χ3n) is 3.96. The highest BCUT2D eigenvalue weighted by atomic mass is 35.5. The summed E-state index contributed by atoms with van der Waals surface area (Å²) in [6, 6.07) is 6.97. The number of rotatable bonds is 7. The van der Waals surface area contributed by atoms with Crippen molar-refractivity contribution in [2.45, 2.75) is 51.2 Å². The van der Waals surface area contributed by atoms with Crippen LogP contribution in [0.1, 0.15) is 49.4 Å². The van der Waals surface area contributed by atoms with Gasteiger partial charge in [0.2, 0.25) is 10.0 Å². The number of aliphatic hydroxyl groups is 1. The lowest BCUT2D eigenvalue weighted by atomic mass is 10.1. The molecule has 1 aromatic carbocycles. The third-order valence-corrected chi connectivity index (χ3v) is 5.91. The third kappa shape index (κ3) is 4.61. The second kappa shape index (κ2) is 7.86. The summed E-state index contributed by atoms with van der Waals surface area (Å²) in [6.07, 6.45) is -0.544. The largest absolute Gasteiger partial charge is 0.388 e. The summed E-state index contributed by atoms with van der Waals surface area (Å²) in [5, 5.41) is 15.0. The Labute approximate surface area is 153 Å². The summed E-state index contributed by atoms with van der Waals surface area (Å²) >= 11 is 5.91. The van der Waals surface area contributed by atoms with E-state index in [1.807, 2.05) is 13.8 Å². The highest BCUT2D eigenvalue weighted by Crippen LogP contribution is 2.23. The normalized spacial score (nSPS) is 13.4. The average molecular weight is 386 g/mol. The lowest BCUT2D eigenvalue weighted by Crippen LogP contribution is -2.27. The number of benzene rings is 1. The molecule has 1 aromatic heterocycles. The number of nitrogens with zero attached hydrogens (tertiary/aromatic N) is 2. The predicted molar refractivity (Wildman–Crippen MR) is 98.3 cm³/mol. The highest BCUT2D eigenvalue weighted by Gasteiger charge is 2.25. The molecule has 2 N–H and O–H groups in total. The molecule has 0 spiro atoms. The van der Waals surface area contributed by atoms with E-state index in [1.54, 1.807) is 42.8 Å². The van der Waals surface area contributed by atoms with E-state index in [2.05, 4.69) is 9.82 Å². The van der Waals surface area contributed by atoms with E-state index in [9.17, 15) is 13.5 Å². The van der Waals surface area contributed by atoms with Gasteiger partial charge in [-0.1, -0.05) is 23.7 Å². The topological polar surface area (TPSA) is 84.2 Å². The first-order valence-corrected chi connectivity index (χ1v) is 9.98. The van der Waals surface area contributed by atoms with Crippen LogP contribution in [-0.4, -0.2) is 29.8 Å². The van der Waals surface area contributed by atoms with Crippen LogP contribution in [0.3, 0.4) is 0 Å². The SMILES string of the molecule is Cc1nn(C(C)C)c(C)c1S(=O)(=O)NCC[C@@H](O)c1cccc(Cl)c1. The molecule has 138 valence electrons. The maximum atomic E-state index is 12.6. The summed E-state index contributed by atoms with van der Waals surface area (Å²) in [6.45, 7) is 7.44. The van der Waals surface area contributed by atoms with Gasteiger partial charge in [0.1, 0.15) is 4.90 Å². The molecular weight excluding hydrogens is 362 g/mol. The molecule has 0 saturated heterocycles. The predicted octanol–water partition coefficient (Wildman–Crippen LogP) is 3.14. The number of aliphatic hydroxyl groups excluding tert-OH is 1. The van der Waals surface area contributed by atoms with Gasteiger partial charge in [-0.05, 0) is 51.8 Å². The van der Waals surface area contributed by atoms with Crippen molar-refractivity contribution in [2.24, 2.45) is 0 Å². The number of hydrogen-bond acceptors (Lipinski definition) is 4. The minimum absolute atomic E-state index is 0.0762. The Bertz CT molecular complexity index is 847. The van der Waals surface area contributed by atoms with E-state index in [-0.39, 0.29) is 23.9 Å². The van der Waals surface area contributed by atoms with Crippen molar-refractivity contribution >= 4 is 21.6 Å². The number of aromatic nitrogens is 2. The first kappa shape index (κ1) is 19.9. The van der Waals surface area contributed by atoms with Crippen LogP contribution in [0.2, 0.25) is 5.02 Å². The van der Waals surface area contributed by atoms with Crippen LogP contribution < -0.4 is 4.72 Å². The summed E-state index contributed by atoms with van der Waals surface area (Å²) in [5.41, 5.74) is 1.73. The smallest absolute Gasteiger partial charge is 0.244 e. The van der Waals surface area contributed by atoms with Crippen molar-refractivity contribution in [1.29, 1.82) is 0 Å². The first-order chi connectivity index (χ1) is 11.6. The van der Waals surface area contributed by atoms with Gasteiger partial charge < -0.3 is 5.11 Å². The number of hydrogen-bond donors (Lipinski definition) is 2. The minimum atomic E-state index is -3.69. The fourth-order valence-corrected chi connectivity index (χ4v) is 4.46. The summed E-state index contributed by atoms with van der Waals surface area (Å²) in [4.78, 5) is 0.207. The monoisotopic (exact) mass is 385 g/mol.